The lowest BCUT2D eigenvalue weighted by Gasteiger charge is -2.30. The second-order valence-electron chi connectivity index (χ2n) is 18.5. The number of benzene rings is 2. The third-order valence-electron chi connectivity index (χ3n) is 9.04. The van der Waals surface area contributed by atoms with Crippen molar-refractivity contribution in [2.45, 2.75) is 31.7 Å². The topological polar surface area (TPSA) is 95.1 Å². The monoisotopic (exact) mass is 721 g/mol. The van der Waals surface area contributed by atoms with Gasteiger partial charge in [-0.3, -0.25) is 4.79 Å². The summed E-state index contributed by atoms with van der Waals surface area (Å²) >= 11 is 0. The largest absolute Gasteiger partial charge is 0.380 e. The highest BCUT2D eigenvalue weighted by atomic mass is 16.1. The van der Waals surface area contributed by atoms with E-state index in [0.29, 0.717) is 11.5 Å². The molecule has 1 heterocycles. The van der Waals surface area contributed by atoms with Gasteiger partial charge in [-0.1, -0.05) is 12.1 Å². The molecule has 1 unspecified atom stereocenters. The molecule has 0 aromatic heterocycles. The van der Waals surface area contributed by atoms with Crippen molar-refractivity contribution in [3.63, 3.8) is 0 Å². The number of hydrogen-bond acceptors (Lipinski definition) is 6. The van der Waals surface area contributed by atoms with E-state index in [2.05, 4.69) is 141 Å². The first-order valence-corrected chi connectivity index (χ1v) is 18.9. The lowest BCUT2D eigenvalue weighted by Crippen LogP contribution is -2.39. The minimum atomic E-state index is -0.328. The van der Waals surface area contributed by atoms with Gasteiger partial charge in [0.05, 0.1) is 122 Å². The van der Waals surface area contributed by atoms with E-state index in [1.165, 1.54) is 17.3 Å². The van der Waals surface area contributed by atoms with Crippen molar-refractivity contribution >= 4 is 34.5 Å². The summed E-state index contributed by atoms with van der Waals surface area (Å²) in [5.74, 6) is -0.00480. The summed E-state index contributed by atoms with van der Waals surface area (Å²) in [6, 6.07) is 17.0. The predicted octanol–water partition coefficient (Wildman–Crippen LogP) is 4.47. The fourth-order valence-corrected chi connectivity index (χ4v) is 6.07. The highest BCUT2D eigenvalue weighted by molar-refractivity contribution is 6.47. The molecule has 3 rings (SSSR count). The van der Waals surface area contributed by atoms with Crippen molar-refractivity contribution in [1.82, 2.24) is 5.32 Å². The van der Waals surface area contributed by atoms with Crippen molar-refractivity contribution in [2.75, 3.05) is 141 Å². The normalized spacial score (nSPS) is 15.8. The fraction of sp³-hybridized carbons (Fsp3) is 0.585. The number of dihydropyridines is 1. The summed E-state index contributed by atoms with van der Waals surface area (Å²) in [5.41, 5.74) is 10.6. The molecule has 4 N–H and O–H groups in total. The molecule has 1 aliphatic heterocycles. The molecule has 2 aromatic rings. The van der Waals surface area contributed by atoms with Gasteiger partial charge in [0, 0.05) is 68.8 Å². The molecule has 0 amide bonds. The maximum Gasteiger partial charge on any atom is 0.222 e. The zero-order valence-corrected chi connectivity index (χ0v) is 34.7. The number of aliphatic imine (C=N–C) groups is 2. The molecule has 0 fully saturated rings. The van der Waals surface area contributed by atoms with Gasteiger partial charge in [-0.15, -0.1) is 0 Å². The number of nitrogens with two attached hydrogens (primary N) is 1. The van der Waals surface area contributed by atoms with E-state index in [0.717, 1.165) is 101 Å². The SMILES string of the molecule is C[N+](C)(C)CCCNC(CC[N+](C)(C)C)c1ccc(N=C2N=C(N)C(=O)C=C2Nc2ccc(N(CCC[N+](C)(C)C)CCC[N+](C)(C)C)cc2)cc1. The summed E-state index contributed by atoms with van der Waals surface area (Å²) in [4.78, 5) is 24.4. The zero-order chi connectivity index (χ0) is 38.7. The van der Waals surface area contributed by atoms with Gasteiger partial charge in [0.1, 0.15) is 0 Å². The van der Waals surface area contributed by atoms with Crippen molar-refractivity contribution in [2.24, 2.45) is 15.7 Å². The summed E-state index contributed by atoms with van der Waals surface area (Å²) in [5, 5.41) is 7.22. The van der Waals surface area contributed by atoms with Crippen LogP contribution in [0.1, 0.15) is 37.3 Å². The Morgan fingerprint density at radius 1 is 0.712 bits per heavy atom. The van der Waals surface area contributed by atoms with Crippen LogP contribution in [0.15, 0.2) is 70.3 Å². The Balaban J connectivity index is 1.77. The maximum atomic E-state index is 12.6. The molecule has 2 aromatic carbocycles. The fourth-order valence-electron chi connectivity index (χ4n) is 6.07. The second kappa shape index (κ2) is 18.4. The van der Waals surface area contributed by atoms with Crippen molar-refractivity contribution in [1.29, 1.82) is 0 Å². The number of nitrogens with zero attached hydrogens (tertiary/aromatic N) is 7. The number of quaternary nitrogens is 4. The smallest absolute Gasteiger partial charge is 0.222 e. The van der Waals surface area contributed by atoms with Crippen LogP contribution in [-0.4, -0.2) is 166 Å². The van der Waals surface area contributed by atoms with Crippen LogP contribution < -0.4 is 21.3 Å². The summed E-state index contributed by atoms with van der Waals surface area (Å²) in [7, 11) is 26.9. The molecular formula is C41H72N10O+4. The molecule has 11 nitrogen and oxygen atoms in total. The van der Waals surface area contributed by atoms with Gasteiger partial charge >= 0.3 is 0 Å². The molecule has 11 heteroatoms. The minimum absolute atomic E-state index is 0.0619. The number of carbonyl (C=O) groups is 1. The van der Waals surface area contributed by atoms with Crippen molar-refractivity contribution in [3.05, 3.63) is 65.9 Å². The summed E-state index contributed by atoms with van der Waals surface area (Å²) in [6.07, 6.45) is 5.88. The number of anilines is 2. The first-order chi connectivity index (χ1) is 24.1. The van der Waals surface area contributed by atoms with Gasteiger partial charge in [-0.25, -0.2) is 9.98 Å². The lowest BCUT2D eigenvalue weighted by molar-refractivity contribution is -0.870. The van der Waals surface area contributed by atoms with Gasteiger partial charge in [-0.05, 0) is 42.0 Å². The zero-order valence-electron chi connectivity index (χ0n) is 34.7. The van der Waals surface area contributed by atoms with Gasteiger partial charge < -0.3 is 39.2 Å². The molecule has 52 heavy (non-hydrogen) atoms. The quantitative estimate of drug-likeness (QED) is 0.131. The molecule has 0 radical (unpaired) electrons. The van der Waals surface area contributed by atoms with Gasteiger partial charge in [0.15, 0.2) is 11.7 Å². The van der Waals surface area contributed by atoms with Crippen LogP contribution in [0.4, 0.5) is 17.1 Å². The number of carbonyl (C=O) groups excluding carboxylic acids is 1. The van der Waals surface area contributed by atoms with Crippen molar-refractivity contribution < 1.29 is 22.7 Å². The van der Waals surface area contributed by atoms with Crippen molar-refractivity contribution in [3.8, 4) is 0 Å². The van der Waals surface area contributed by atoms with Crippen LogP contribution >= 0.6 is 0 Å². The Kier molecular flexibility index (Phi) is 15.2. The van der Waals surface area contributed by atoms with E-state index in [9.17, 15) is 4.79 Å². The molecule has 0 saturated heterocycles. The molecule has 0 saturated carbocycles. The van der Waals surface area contributed by atoms with E-state index in [1.54, 1.807) is 0 Å². The van der Waals surface area contributed by atoms with E-state index in [4.69, 9.17) is 10.7 Å². The molecule has 1 atom stereocenters. The summed E-state index contributed by atoms with van der Waals surface area (Å²) < 4.78 is 3.79. The number of rotatable bonds is 21. The van der Waals surface area contributed by atoms with E-state index < -0.39 is 0 Å². The van der Waals surface area contributed by atoms with E-state index in [1.807, 2.05) is 12.1 Å². The molecule has 0 bridgehead atoms. The average molecular weight is 721 g/mol. The average Bonchev–Trinajstić information content (AvgIpc) is 3.01. The first kappa shape index (κ1) is 42.8. The van der Waals surface area contributed by atoms with Crippen LogP contribution in [0.3, 0.4) is 0 Å². The van der Waals surface area contributed by atoms with Gasteiger partial charge in [0.2, 0.25) is 5.78 Å². The van der Waals surface area contributed by atoms with E-state index in [-0.39, 0.29) is 17.7 Å². The highest BCUT2D eigenvalue weighted by Crippen LogP contribution is 2.25. The number of ketones is 1. The Morgan fingerprint density at radius 2 is 1.23 bits per heavy atom. The molecule has 0 aliphatic carbocycles. The van der Waals surface area contributed by atoms with Crippen LogP contribution in [0.2, 0.25) is 0 Å². The van der Waals surface area contributed by atoms with Crippen LogP contribution in [0, 0.1) is 0 Å². The maximum absolute atomic E-state index is 12.6. The summed E-state index contributed by atoms with van der Waals surface area (Å²) in [6.45, 7) is 7.40. The van der Waals surface area contributed by atoms with E-state index >= 15 is 0 Å². The molecule has 288 valence electrons. The Morgan fingerprint density at radius 3 is 1.75 bits per heavy atom. The molecule has 1 aliphatic rings. The van der Waals surface area contributed by atoms with Crippen LogP contribution in [-0.2, 0) is 4.79 Å². The lowest BCUT2D eigenvalue weighted by atomic mass is 10.0. The second-order valence-corrected chi connectivity index (χ2v) is 18.5. The number of nitrogens with one attached hydrogen (secondary N) is 2. The standard InChI is InChI=1S/C41H71N10O/c1-48(2,3)28-13-25-43-37(24-31-51(10,11)12)33-16-18-35(19-17-33)45-41-38(32-39(52)40(42)46-41)44-34-20-22-36(23-21-34)47(26-14-29-49(4,5)6)27-15-30-50(7,8)9/h16-23,32,37,43H,13-15,24-31H2,1-12H3,(H2-,42,44,45,46,52)/q+3/p+1. The molecule has 0 spiro atoms. The predicted molar refractivity (Wildman–Crippen MR) is 221 cm³/mol. The van der Waals surface area contributed by atoms with Gasteiger partial charge in [-0.2, -0.15) is 0 Å². The third-order valence-corrected chi connectivity index (χ3v) is 9.04. The number of amidine groups is 2. The van der Waals surface area contributed by atoms with Crippen LogP contribution in [0.5, 0.6) is 0 Å². The van der Waals surface area contributed by atoms with Crippen LogP contribution in [0.25, 0.3) is 0 Å². The third kappa shape index (κ3) is 16.4. The first-order valence-electron chi connectivity index (χ1n) is 18.9. The van der Waals surface area contributed by atoms with Gasteiger partial charge in [0.25, 0.3) is 0 Å². The number of hydrogen-bond donors (Lipinski definition) is 3. The minimum Gasteiger partial charge on any atom is -0.380 e. The Hall–Kier alpha value is -3.61. The Labute approximate surface area is 315 Å². The highest BCUT2D eigenvalue weighted by Gasteiger charge is 2.21. The Bertz CT molecular complexity index is 1500. The molecular weight excluding hydrogens is 649 g/mol.